The lowest BCUT2D eigenvalue weighted by molar-refractivity contribution is 0.276. The van der Waals surface area contributed by atoms with E-state index < -0.39 is 0 Å². The zero-order chi connectivity index (χ0) is 14.5. The summed E-state index contributed by atoms with van der Waals surface area (Å²) in [6, 6.07) is 0. The van der Waals surface area contributed by atoms with Crippen LogP contribution in [0.3, 0.4) is 0 Å². The van der Waals surface area contributed by atoms with Crippen molar-refractivity contribution in [3.05, 3.63) is 24.8 Å². The lowest BCUT2D eigenvalue weighted by atomic mass is 9.95. The summed E-state index contributed by atoms with van der Waals surface area (Å²) in [5.74, 6) is 0.875. The standard InChI is InChI=1S/C18H32N2/c1-3-5-6-7-8-9-10-11-13-18(4-2)14-17-20-16-12-15-19-20/h3,8-9,15,18H,1,4-7,10-14,16-17H2,2H3/b9-8+. The first kappa shape index (κ1) is 17.0. The predicted octanol–water partition coefficient (Wildman–Crippen LogP) is 5.18. The van der Waals surface area contributed by atoms with Crippen LogP contribution in [0.2, 0.25) is 0 Å². The molecule has 114 valence electrons. The molecule has 0 spiro atoms. The first-order chi connectivity index (χ1) is 9.86. The summed E-state index contributed by atoms with van der Waals surface area (Å²) >= 11 is 0. The Kier molecular flexibility index (Phi) is 9.99. The fourth-order valence-corrected chi connectivity index (χ4v) is 2.63. The molecule has 1 unspecified atom stereocenters. The molecule has 1 aliphatic heterocycles. The summed E-state index contributed by atoms with van der Waals surface area (Å²) < 4.78 is 0. The molecule has 1 rings (SSSR count). The second kappa shape index (κ2) is 11.7. The second-order valence-electron chi connectivity index (χ2n) is 5.73. The minimum atomic E-state index is 0.875. The molecule has 0 aromatic carbocycles. The van der Waals surface area contributed by atoms with Gasteiger partial charge >= 0.3 is 0 Å². The Morgan fingerprint density at radius 1 is 1.20 bits per heavy atom. The van der Waals surface area contributed by atoms with Gasteiger partial charge in [-0.15, -0.1) is 6.58 Å². The topological polar surface area (TPSA) is 15.6 Å². The van der Waals surface area contributed by atoms with E-state index in [9.17, 15) is 0 Å². The van der Waals surface area contributed by atoms with E-state index in [0.717, 1.165) is 31.8 Å². The van der Waals surface area contributed by atoms with Gasteiger partial charge in [-0.3, -0.25) is 5.01 Å². The van der Waals surface area contributed by atoms with Gasteiger partial charge in [0.25, 0.3) is 0 Å². The van der Waals surface area contributed by atoms with Gasteiger partial charge in [-0.25, -0.2) is 0 Å². The molecule has 0 saturated carbocycles. The van der Waals surface area contributed by atoms with Crippen molar-refractivity contribution < 1.29 is 0 Å². The van der Waals surface area contributed by atoms with E-state index in [1.165, 1.54) is 44.9 Å². The molecule has 0 bridgehead atoms. The number of hydrazone groups is 1. The molecule has 0 fully saturated rings. The van der Waals surface area contributed by atoms with Crippen LogP contribution in [0.15, 0.2) is 29.9 Å². The van der Waals surface area contributed by atoms with Gasteiger partial charge in [0.2, 0.25) is 0 Å². The molecule has 1 atom stereocenters. The average Bonchev–Trinajstić information content (AvgIpc) is 2.98. The Morgan fingerprint density at radius 2 is 2.00 bits per heavy atom. The summed E-state index contributed by atoms with van der Waals surface area (Å²) in [4.78, 5) is 0. The van der Waals surface area contributed by atoms with Crippen LogP contribution in [-0.4, -0.2) is 24.3 Å². The Bertz CT molecular complexity index is 294. The van der Waals surface area contributed by atoms with Crippen LogP contribution in [0.4, 0.5) is 0 Å². The van der Waals surface area contributed by atoms with Gasteiger partial charge in [0, 0.05) is 25.7 Å². The van der Waals surface area contributed by atoms with Crippen molar-refractivity contribution in [2.75, 3.05) is 13.1 Å². The van der Waals surface area contributed by atoms with E-state index in [0.29, 0.717) is 0 Å². The Labute approximate surface area is 125 Å². The smallest absolute Gasteiger partial charge is 0.0410 e. The fourth-order valence-electron chi connectivity index (χ4n) is 2.63. The molecular weight excluding hydrogens is 244 g/mol. The van der Waals surface area contributed by atoms with Crippen molar-refractivity contribution in [3.8, 4) is 0 Å². The van der Waals surface area contributed by atoms with Crippen molar-refractivity contribution in [1.82, 2.24) is 5.01 Å². The number of rotatable bonds is 12. The third kappa shape index (κ3) is 8.19. The zero-order valence-electron chi connectivity index (χ0n) is 13.3. The molecule has 1 aliphatic rings. The highest BCUT2D eigenvalue weighted by Gasteiger charge is 2.10. The molecule has 0 aromatic rings. The summed E-state index contributed by atoms with van der Waals surface area (Å²) in [7, 11) is 0. The van der Waals surface area contributed by atoms with E-state index in [1.54, 1.807) is 0 Å². The maximum absolute atomic E-state index is 4.38. The van der Waals surface area contributed by atoms with Crippen LogP contribution in [0.5, 0.6) is 0 Å². The van der Waals surface area contributed by atoms with Gasteiger partial charge in [0.1, 0.15) is 0 Å². The van der Waals surface area contributed by atoms with E-state index in [-0.39, 0.29) is 0 Å². The van der Waals surface area contributed by atoms with E-state index >= 15 is 0 Å². The Hall–Kier alpha value is -1.05. The number of unbranched alkanes of at least 4 members (excludes halogenated alkanes) is 3. The van der Waals surface area contributed by atoms with Crippen molar-refractivity contribution >= 4 is 6.21 Å². The van der Waals surface area contributed by atoms with Crippen molar-refractivity contribution in [3.63, 3.8) is 0 Å². The normalized spacial score (nSPS) is 16.1. The highest BCUT2D eigenvalue weighted by atomic mass is 15.5. The molecule has 0 radical (unpaired) electrons. The zero-order valence-corrected chi connectivity index (χ0v) is 13.3. The average molecular weight is 276 g/mol. The number of allylic oxidation sites excluding steroid dienone is 3. The highest BCUT2D eigenvalue weighted by molar-refractivity contribution is 5.58. The molecular formula is C18H32N2. The third-order valence-corrected chi connectivity index (χ3v) is 4.06. The monoisotopic (exact) mass is 276 g/mol. The quantitative estimate of drug-likeness (QED) is 0.354. The third-order valence-electron chi connectivity index (χ3n) is 4.06. The van der Waals surface area contributed by atoms with Gasteiger partial charge in [0.05, 0.1) is 0 Å². The van der Waals surface area contributed by atoms with Crippen LogP contribution >= 0.6 is 0 Å². The van der Waals surface area contributed by atoms with Gasteiger partial charge in [0.15, 0.2) is 0 Å². The van der Waals surface area contributed by atoms with Crippen molar-refractivity contribution in [2.45, 2.75) is 64.7 Å². The van der Waals surface area contributed by atoms with Crippen LogP contribution in [0.25, 0.3) is 0 Å². The minimum absolute atomic E-state index is 0.875. The maximum atomic E-state index is 4.38. The van der Waals surface area contributed by atoms with Crippen molar-refractivity contribution in [2.24, 2.45) is 11.0 Å². The van der Waals surface area contributed by atoms with E-state index in [1.807, 2.05) is 12.3 Å². The molecule has 2 heteroatoms. The van der Waals surface area contributed by atoms with Crippen LogP contribution in [0, 0.1) is 5.92 Å². The van der Waals surface area contributed by atoms with Crippen LogP contribution in [0.1, 0.15) is 64.7 Å². The highest BCUT2D eigenvalue weighted by Crippen LogP contribution is 2.18. The lowest BCUT2D eigenvalue weighted by Gasteiger charge is -2.19. The SMILES string of the molecule is C=CCCC/C=C/CCCC(CC)CCN1CCC=N1. The Morgan fingerprint density at radius 3 is 2.65 bits per heavy atom. The molecule has 1 heterocycles. The van der Waals surface area contributed by atoms with Crippen LogP contribution < -0.4 is 0 Å². The van der Waals surface area contributed by atoms with Gasteiger partial charge in [-0.2, -0.15) is 5.10 Å². The van der Waals surface area contributed by atoms with Gasteiger partial charge < -0.3 is 0 Å². The summed E-state index contributed by atoms with van der Waals surface area (Å²) in [5.41, 5.74) is 0. The molecule has 0 N–H and O–H groups in total. The number of hydrogen-bond donors (Lipinski definition) is 0. The first-order valence-corrected chi connectivity index (χ1v) is 8.40. The van der Waals surface area contributed by atoms with Crippen molar-refractivity contribution in [1.29, 1.82) is 0 Å². The summed E-state index contributed by atoms with van der Waals surface area (Å²) in [6.07, 6.45) is 20.0. The van der Waals surface area contributed by atoms with E-state index in [4.69, 9.17) is 0 Å². The molecule has 0 amide bonds. The maximum Gasteiger partial charge on any atom is 0.0410 e. The largest absolute Gasteiger partial charge is 0.297 e. The van der Waals surface area contributed by atoms with Gasteiger partial charge in [-0.1, -0.05) is 38.0 Å². The first-order valence-electron chi connectivity index (χ1n) is 8.40. The van der Waals surface area contributed by atoms with Crippen LogP contribution in [-0.2, 0) is 0 Å². The molecule has 0 aliphatic carbocycles. The number of hydrogen-bond acceptors (Lipinski definition) is 2. The van der Waals surface area contributed by atoms with E-state index in [2.05, 4.69) is 35.8 Å². The fraction of sp³-hybridized carbons (Fsp3) is 0.722. The Balaban J connectivity index is 1.99. The minimum Gasteiger partial charge on any atom is -0.297 e. The molecule has 0 saturated heterocycles. The molecule has 20 heavy (non-hydrogen) atoms. The second-order valence-corrected chi connectivity index (χ2v) is 5.73. The molecule has 2 nitrogen and oxygen atoms in total. The van der Waals surface area contributed by atoms with Gasteiger partial charge in [-0.05, 0) is 44.4 Å². The summed E-state index contributed by atoms with van der Waals surface area (Å²) in [5, 5.41) is 6.60. The molecule has 0 aromatic heterocycles. The summed E-state index contributed by atoms with van der Waals surface area (Å²) in [6.45, 7) is 8.34. The predicted molar refractivity (Wildman–Crippen MR) is 90.1 cm³/mol. The number of nitrogens with zero attached hydrogens (tertiary/aromatic N) is 2. The lowest BCUT2D eigenvalue weighted by Crippen LogP contribution is -2.18.